The maximum absolute atomic E-state index is 4.46. The number of halogens is 1. The van der Waals surface area contributed by atoms with Crippen LogP contribution in [0, 0.1) is 0 Å². The Kier molecular flexibility index (Phi) is 3.05. The van der Waals surface area contributed by atoms with Crippen molar-refractivity contribution in [2.75, 3.05) is 0 Å². The van der Waals surface area contributed by atoms with Crippen LogP contribution in [0.1, 0.15) is 51.9 Å². The lowest BCUT2D eigenvalue weighted by molar-refractivity contribution is 0.558. The van der Waals surface area contributed by atoms with Gasteiger partial charge in [-0.2, -0.15) is 0 Å². The monoisotopic (exact) mass is 292 g/mol. The molecule has 1 aromatic rings. The Morgan fingerprint density at radius 2 is 1.92 bits per heavy atom. The first-order valence-corrected chi connectivity index (χ1v) is 5.54. The number of imidazole rings is 1. The van der Waals surface area contributed by atoms with Crippen molar-refractivity contribution >= 4 is 22.9 Å². The fraction of sp³-hybridized carbons (Fsp3) is 0.700. The van der Waals surface area contributed by atoms with Crippen molar-refractivity contribution in [3.8, 4) is 0 Å². The predicted octanol–water partition coefficient (Wildman–Crippen LogP) is 3.50. The summed E-state index contributed by atoms with van der Waals surface area (Å²) in [7, 11) is 0. The summed E-state index contributed by atoms with van der Waals surface area (Å²) < 4.78 is 2.10. The molecule has 0 unspecified atom stereocenters. The molecule has 0 aliphatic heterocycles. The molecule has 1 aromatic heterocycles. The van der Waals surface area contributed by atoms with Crippen molar-refractivity contribution in [1.29, 1.82) is 0 Å². The second-order valence-corrected chi connectivity index (χ2v) is 5.73. The molecule has 0 radical (unpaired) electrons. The molecule has 13 heavy (non-hydrogen) atoms. The molecule has 2 nitrogen and oxygen atoms in total. The second kappa shape index (κ2) is 3.59. The van der Waals surface area contributed by atoms with E-state index >= 15 is 0 Å². The van der Waals surface area contributed by atoms with Crippen LogP contribution in [-0.2, 0) is 5.41 Å². The van der Waals surface area contributed by atoms with E-state index in [1.165, 1.54) is 11.4 Å². The zero-order chi connectivity index (χ0) is 10.2. The van der Waals surface area contributed by atoms with Gasteiger partial charge < -0.3 is 0 Å². The van der Waals surface area contributed by atoms with E-state index in [-0.39, 0.29) is 5.41 Å². The quantitative estimate of drug-likeness (QED) is 0.724. The predicted molar refractivity (Wildman–Crippen MR) is 64.4 cm³/mol. The molecule has 1 rings (SSSR count). The zero-order valence-electron chi connectivity index (χ0n) is 8.93. The highest BCUT2D eigenvalue weighted by Gasteiger charge is 2.23. The molecule has 0 fully saturated rings. The lowest BCUT2D eigenvalue weighted by Crippen LogP contribution is -2.15. The molecule has 0 bridgehead atoms. The van der Waals surface area contributed by atoms with E-state index in [2.05, 4.69) is 65.2 Å². The molecule has 0 aliphatic rings. The van der Waals surface area contributed by atoms with E-state index in [9.17, 15) is 0 Å². The molecule has 0 saturated heterocycles. The Morgan fingerprint density at radius 3 is 2.23 bits per heavy atom. The molecule has 1 heterocycles. The third-order valence-corrected chi connectivity index (χ3v) is 2.79. The van der Waals surface area contributed by atoms with Crippen molar-refractivity contribution in [3.05, 3.63) is 17.7 Å². The Balaban J connectivity index is 3.23. The lowest BCUT2D eigenvalue weighted by Gasteiger charge is -2.19. The van der Waals surface area contributed by atoms with Gasteiger partial charge in [-0.3, -0.25) is 2.78 Å². The van der Waals surface area contributed by atoms with Gasteiger partial charge >= 0.3 is 0 Å². The number of hydrogen-bond acceptors (Lipinski definition) is 1. The Labute approximate surface area is 94.2 Å². The van der Waals surface area contributed by atoms with Crippen LogP contribution >= 0.6 is 22.9 Å². The third kappa shape index (κ3) is 2.24. The van der Waals surface area contributed by atoms with Gasteiger partial charge in [-0.15, -0.1) is 0 Å². The molecule has 0 aromatic carbocycles. The summed E-state index contributed by atoms with van der Waals surface area (Å²) in [6.07, 6.45) is 1.90. The van der Waals surface area contributed by atoms with E-state index in [4.69, 9.17) is 0 Å². The van der Waals surface area contributed by atoms with Crippen molar-refractivity contribution in [1.82, 2.24) is 7.76 Å². The topological polar surface area (TPSA) is 17.8 Å². The van der Waals surface area contributed by atoms with Gasteiger partial charge in [0.15, 0.2) is 0 Å². The van der Waals surface area contributed by atoms with Gasteiger partial charge in [0, 0.05) is 5.41 Å². The van der Waals surface area contributed by atoms with Crippen LogP contribution in [0.4, 0.5) is 0 Å². The van der Waals surface area contributed by atoms with Gasteiger partial charge in [0.1, 0.15) is 6.33 Å². The highest BCUT2D eigenvalue weighted by Crippen LogP contribution is 2.30. The van der Waals surface area contributed by atoms with E-state index in [0.29, 0.717) is 5.92 Å². The standard InChI is InChI=1S/C10H17IN2/c1-7(2)8-9(10(3,4)5)12-6-13(8)11/h6-7H,1-5H3. The Hall–Kier alpha value is -0.0600. The number of hydrogen-bond donors (Lipinski definition) is 0. The first-order valence-electron chi connectivity index (χ1n) is 4.58. The van der Waals surface area contributed by atoms with Gasteiger partial charge in [0.25, 0.3) is 0 Å². The summed E-state index contributed by atoms with van der Waals surface area (Å²) >= 11 is 2.29. The molecule has 74 valence electrons. The van der Waals surface area contributed by atoms with Crippen LogP contribution < -0.4 is 0 Å². The van der Waals surface area contributed by atoms with Crippen LogP contribution in [0.3, 0.4) is 0 Å². The highest BCUT2D eigenvalue weighted by atomic mass is 127. The van der Waals surface area contributed by atoms with Crippen molar-refractivity contribution in [2.24, 2.45) is 0 Å². The molecule has 0 N–H and O–H groups in total. The lowest BCUT2D eigenvalue weighted by atomic mass is 9.88. The summed E-state index contributed by atoms with van der Waals surface area (Å²) in [5, 5.41) is 0. The minimum absolute atomic E-state index is 0.149. The van der Waals surface area contributed by atoms with E-state index in [0.717, 1.165) is 0 Å². The van der Waals surface area contributed by atoms with Crippen molar-refractivity contribution in [3.63, 3.8) is 0 Å². The molecule has 3 heteroatoms. The van der Waals surface area contributed by atoms with Crippen molar-refractivity contribution < 1.29 is 0 Å². The molecule has 0 amide bonds. The average Bonchev–Trinajstić information content (AvgIpc) is 2.28. The Morgan fingerprint density at radius 1 is 1.38 bits per heavy atom. The van der Waals surface area contributed by atoms with Gasteiger partial charge in [0.2, 0.25) is 0 Å². The number of aromatic nitrogens is 2. The van der Waals surface area contributed by atoms with Gasteiger partial charge in [0.05, 0.1) is 34.3 Å². The van der Waals surface area contributed by atoms with Crippen LogP contribution in [0.5, 0.6) is 0 Å². The maximum atomic E-state index is 4.46. The zero-order valence-corrected chi connectivity index (χ0v) is 11.1. The van der Waals surface area contributed by atoms with Crippen LogP contribution in [0.25, 0.3) is 0 Å². The fourth-order valence-corrected chi connectivity index (χ4v) is 2.35. The fourth-order valence-electron chi connectivity index (χ4n) is 1.44. The van der Waals surface area contributed by atoms with E-state index in [1.54, 1.807) is 0 Å². The molecular formula is C10H17IN2. The molecule has 0 saturated carbocycles. The SMILES string of the molecule is CC(C)c1c(C(C)(C)C)ncn1I. The van der Waals surface area contributed by atoms with Crippen molar-refractivity contribution in [2.45, 2.75) is 46.0 Å². The molecule has 0 spiro atoms. The van der Waals surface area contributed by atoms with Crippen LogP contribution in [0.15, 0.2) is 6.33 Å². The summed E-state index contributed by atoms with van der Waals surface area (Å²) in [6, 6.07) is 0. The first kappa shape index (κ1) is 11.0. The Bertz CT molecular complexity index is 294. The molecule has 0 atom stereocenters. The summed E-state index contributed by atoms with van der Waals surface area (Å²) in [5.74, 6) is 0.536. The molecular weight excluding hydrogens is 275 g/mol. The summed E-state index contributed by atoms with van der Waals surface area (Å²) in [5.41, 5.74) is 2.71. The average molecular weight is 292 g/mol. The van der Waals surface area contributed by atoms with E-state index < -0.39 is 0 Å². The van der Waals surface area contributed by atoms with Gasteiger partial charge in [-0.25, -0.2) is 4.98 Å². The maximum Gasteiger partial charge on any atom is 0.104 e. The third-order valence-electron chi connectivity index (χ3n) is 2.02. The summed E-state index contributed by atoms with van der Waals surface area (Å²) in [6.45, 7) is 11.0. The minimum Gasteiger partial charge on any atom is -0.275 e. The largest absolute Gasteiger partial charge is 0.275 e. The normalized spacial score (nSPS) is 12.5. The summed E-state index contributed by atoms with van der Waals surface area (Å²) in [4.78, 5) is 4.46. The van der Waals surface area contributed by atoms with Gasteiger partial charge in [-0.1, -0.05) is 34.6 Å². The number of rotatable bonds is 1. The molecule has 0 aliphatic carbocycles. The van der Waals surface area contributed by atoms with Gasteiger partial charge in [-0.05, 0) is 5.92 Å². The highest BCUT2D eigenvalue weighted by molar-refractivity contribution is 14.1. The van der Waals surface area contributed by atoms with Crippen LogP contribution in [-0.4, -0.2) is 7.76 Å². The smallest absolute Gasteiger partial charge is 0.104 e. The number of nitrogens with zero attached hydrogens (tertiary/aromatic N) is 2. The second-order valence-electron chi connectivity index (χ2n) is 4.69. The van der Waals surface area contributed by atoms with E-state index in [1.807, 2.05) is 6.33 Å². The van der Waals surface area contributed by atoms with Crippen LogP contribution in [0.2, 0.25) is 0 Å². The first-order chi connectivity index (χ1) is 5.84. The minimum atomic E-state index is 0.149.